The summed E-state index contributed by atoms with van der Waals surface area (Å²) in [6, 6.07) is 0. The predicted molar refractivity (Wildman–Crippen MR) is 57.8 cm³/mol. The Hall–Kier alpha value is -1.29. The number of imide groups is 1. The number of hydrogen-bond acceptors (Lipinski definition) is 3. The van der Waals surface area contributed by atoms with Gasteiger partial charge in [0.2, 0.25) is 0 Å². The molecule has 1 aliphatic rings. The second kappa shape index (κ2) is 4.81. The van der Waals surface area contributed by atoms with E-state index in [4.69, 9.17) is 0 Å². The fraction of sp³-hybridized carbons (Fsp3) is 0.200. The standard InChI is InChI=1S/C10H11NO2S/c1-3-5-7(4-2)6-8-9(12)11-10(13)14-8/h3-6H,1-2H3,(H,11,12,13). The molecular weight excluding hydrogens is 198 g/mol. The minimum absolute atomic E-state index is 0.308. The van der Waals surface area contributed by atoms with Crippen molar-refractivity contribution in [2.45, 2.75) is 13.8 Å². The van der Waals surface area contributed by atoms with Gasteiger partial charge >= 0.3 is 0 Å². The Morgan fingerprint density at radius 2 is 2.07 bits per heavy atom. The molecule has 0 aromatic carbocycles. The van der Waals surface area contributed by atoms with Gasteiger partial charge in [-0.05, 0) is 37.3 Å². The number of carbonyl (C=O) groups excluding carboxylic acids is 2. The van der Waals surface area contributed by atoms with E-state index in [0.29, 0.717) is 4.91 Å². The lowest BCUT2D eigenvalue weighted by Crippen LogP contribution is -2.17. The lowest BCUT2D eigenvalue weighted by atomic mass is 10.2. The first-order valence-corrected chi connectivity index (χ1v) is 5.03. The summed E-state index contributed by atoms with van der Waals surface area (Å²) in [7, 11) is 0. The molecule has 0 radical (unpaired) electrons. The molecule has 1 aliphatic heterocycles. The zero-order valence-electron chi connectivity index (χ0n) is 8.03. The molecule has 0 bridgehead atoms. The average molecular weight is 209 g/mol. The number of hydrogen-bond donors (Lipinski definition) is 1. The normalized spacial score (nSPS) is 21.0. The summed E-state index contributed by atoms with van der Waals surface area (Å²) in [5.74, 6) is -0.316. The van der Waals surface area contributed by atoms with E-state index in [1.165, 1.54) is 0 Å². The van der Waals surface area contributed by atoms with Crippen LogP contribution in [0.25, 0.3) is 0 Å². The van der Waals surface area contributed by atoms with E-state index in [-0.39, 0.29) is 11.1 Å². The van der Waals surface area contributed by atoms with Crippen LogP contribution in [0.3, 0.4) is 0 Å². The Kier molecular flexibility index (Phi) is 3.71. The van der Waals surface area contributed by atoms with Crippen molar-refractivity contribution in [2.24, 2.45) is 0 Å². The maximum Gasteiger partial charge on any atom is 0.290 e. The van der Waals surface area contributed by atoms with Crippen molar-refractivity contribution in [1.82, 2.24) is 5.32 Å². The van der Waals surface area contributed by atoms with Crippen LogP contribution in [0.2, 0.25) is 0 Å². The molecule has 0 unspecified atom stereocenters. The van der Waals surface area contributed by atoms with Crippen LogP contribution < -0.4 is 5.32 Å². The highest BCUT2D eigenvalue weighted by Gasteiger charge is 2.24. The zero-order valence-corrected chi connectivity index (χ0v) is 8.85. The first-order valence-electron chi connectivity index (χ1n) is 4.21. The Morgan fingerprint density at radius 1 is 1.36 bits per heavy atom. The Morgan fingerprint density at radius 3 is 2.50 bits per heavy atom. The van der Waals surface area contributed by atoms with Crippen molar-refractivity contribution < 1.29 is 9.59 Å². The largest absolute Gasteiger partial charge is 0.290 e. The van der Waals surface area contributed by atoms with Gasteiger partial charge in [-0.25, -0.2) is 0 Å². The maximum absolute atomic E-state index is 11.2. The molecule has 3 nitrogen and oxygen atoms in total. The van der Waals surface area contributed by atoms with Crippen LogP contribution in [0.15, 0.2) is 34.8 Å². The van der Waals surface area contributed by atoms with Crippen molar-refractivity contribution >= 4 is 22.9 Å². The molecule has 0 spiro atoms. The number of rotatable bonds is 2. The summed E-state index contributed by atoms with van der Waals surface area (Å²) >= 11 is 0.930. The van der Waals surface area contributed by atoms with Crippen molar-refractivity contribution in [3.8, 4) is 0 Å². The Bertz CT molecular complexity index is 353. The van der Waals surface area contributed by atoms with Gasteiger partial charge in [-0.1, -0.05) is 18.2 Å². The van der Waals surface area contributed by atoms with Crippen LogP contribution in [0.4, 0.5) is 4.79 Å². The molecule has 0 saturated carbocycles. The highest BCUT2D eigenvalue weighted by atomic mass is 32.2. The fourth-order valence-corrected chi connectivity index (χ4v) is 1.67. The summed E-state index contributed by atoms with van der Waals surface area (Å²) in [4.78, 5) is 22.5. The van der Waals surface area contributed by atoms with E-state index in [0.717, 1.165) is 17.3 Å². The number of thioether (sulfide) groups is 1. The number of nitrogens with one attached hydrogen (secondary N) is 1. The van der Waals surface area contributed by atoms with Gasteiger partial charge in [0.15, 0.2) is 0 Å². The van der Waals surface area contributed by atoms with Gasteiger partial charge in [-0.2, -0.15) is 0 Å². The van der Waals surface area contributed by atoms with E-state index < -0.39 is 0 Å². The molecule has 4 heteroatoms. The predicted octanol–water partition coefficient (Wildman–Crippen LogP) is 2.38. The third-order valence-electron chi connectivity index (χ3n) is 1.63. The van der Waals surface area contributed by atoms with Crippen LogP contribution in [0.5, 0.6) is 0 Å². The molecule has 74 valence electrons. The van der Waals surface area contributed by atoms with E-state index in [2.05, 4.69) is 5.32 Å². The minimum Gasteiger partial charge on any atom is -0.282 e. The highest BCUT2D eigenvalue weighted by molar-refractivity contribution is 8.18. The van der Waals surface area contributed by atoms with Crippen LogP contribution >= 0.6 is 11.8 Å². The molecule has 0 aromatic heterocycles. The van der Waals surface area contributed by atoms with Gasteiger partial charge in [-0.15, -0.1) is 0 Å². The van der Waals surface area contributed by atoms with Crippen LogP contribution in [-0.2, 0) is 4.79 Å². The minimum atomic E-state index is -0.316. The lowest BCUT2D eigenvalue weighted by molar-refractivity contribution is -0.115. The molecule has 0 aromatic rings. The molecule has 0 aliphatic carbocycles. The molecule has 1 N–H and O–H groups in total. The van der Waals surface area contributed by atoms with E-state index >= 15 is 0 Å². The van der Waals surface area contributed by atoms with Crippen molar-refractivity contribution in [2.75, 3.05) is 0 Å². The van der Waals surface area contributed by atoms with Gasteiger partial charge < -0.3 is 0 Å². The van der Waals surface area contributed by atoms with Gasteiger partial charge in [0, 0.05) is 0 Å². The van der Waals surface area contributed by atoms with E-state index in [1.807, 2.05) is 32.1 Å². The molecule has 2 amide bonds. The number of allylic oxidation sites excluding steroid dienone is 5. The average Bonchev–Trinajstić information content (AvgIpc) is 2.44. The number of amides is 2. The van der Waals surface area contributed by atoms with Crippen LogP contribution in [0, 0.1) is 0 Å². The Balaban J connectivity index is 2.87. The van der Waals surface area contributed by atoms with Crippen LogP contribution in [0.1, 0.15) is 13.8 Å². The van der Waals surface area contributed by atoms with Crippen molar-refractivity contribution in [3.05, 3.63) is 34.8 Å². The van der Waals surface area contributed by atoms with Crippen molar-refractivity contribution in [3.63, 3.8) is 0 Å². The third kappa shape index (κ3) is 2.60. The molecule has 0 atom stereocenters. The summed E-state index contributed by atoms with van der Waals surface area (Å²) < 4.78 is 0. The smallest absolute Gasteiger partial charge is 0.282 e. The van der Waals surface area contributed by atoms with Gasteiger partial charge in [0.1, 0.15) is 0 Å². The van der Waals surface area contributed by atoms with E-state index in [1.54, 1.807) is 6.08 Å². The highest BCUT2D eigenvalue weighted by Crippen LogP contribution is 2.24. The summed E-state index contributed by atoms with van der Waals surface area (Å²) in [5.41, 5.74) is 0.917. The second-order valence-corrected chi connectivity index (χ2v) is 3.66. The third-order valence-corrected chi connectivity index (χ3v) is 2.44. The summed E-state index contributed by atoms with van der Waals surface area (Å²) in [6.07, 6.45) is 7.34. The Labute approximate surface area is 86.9 Å². The fourth-order valence-electron chi connectivity index (χ4n) is 0.993. The zero-order chi connectivity index (χ0) is 10.6. The molecule has 1 saturated heterocycles. The summed E-state index contributed by atoms with van der Waals surface area (Å²) in [6.45, 7) is 3.78. The van der Waals surface area contributed by atoms with E-state index in [9.17, 15) is 9.59 Å². The first-order chi connectivity index (χ1) is 6.67. The molecule has 14 heavy (non-hydrogen) atoms. The van der Waals surface area contributed by atoms with Gasteiger partial charge in [0.05, 0.1) is 4.91 Å². The lowest BCUT2D eigenvalue weighted by Gasteiger charge is -1.93. The summed E-state index contributed by atoms with van der Waals surface area (Å²) in [5, 5.41) is 1.90. The SMILES string of the molecule is CC=CC(=CC)C=C1SC(=O)NC1=O. The van der Waals surface area contributed by atoms with Crippen molar-refractivity contribution in [1.29, 1.82) is 0 Å². The molecular formula is C10H11NO2S. The maximum atomic E-state index is 11.2. The molecule has 1 heterocycles. The second-order valence-electron chi connectivity index (χ2n) is 2.64. The monoisotopic (exact) mass is 209 g/mol. The quantitative estimate of drug-likeness (QED) is 0.561. The topological polar surface area (TPSA) is 46.2 Å². The van der Waals surface area contributed by atoms with Gasteiger partial charge in [0.25, 0.3) is 11.1 Å². The molecule has 1 rings (SSSR count). The molecule has 1 fully saturated rings. The van der Waals surface area contributed by atoms with Gasteiger partial charge in [-0.3, -0.25) is 14.9 Å². The first kappa shape index (κ1) is 10.8. The number of carbonyl (C=O) groups is 2. The van der Waals surface area contributed by atoms with Crippen LogP contribution in [-0.4, -0.2) is 11.1 Å².